The molecular formula is C19H16ClN3O2. The molecule has 0 bridgehead atoms. The van der Waals surface area contributed by atoms with E-state index in [1.54, 1.807) is 49.7 Å². The fourth-order valence-electron chi connectivity index (χ4n) is 2.25. The predicted molar refractivity (Wildman–Crippen MR) is 99.9 cm³/mol. The molecule has 0 radical (unpaired) electrons. The first kappa shape index (κ1) is 16.8. The zero-order chi connectivity index (χ0) is 17.6. The van der Waals surface area contributed by atoms with Gasteiger partial charge in [-0.05, 0) is 36.4 Å². The number of amides is 1. The molecule has 6 heteroatoms. The topological polar surface area (TPSA) is 63.2 Å². The molecule has 126 valence electrons. The predicted octanol–water partition coefficient (Wildman–Crippen LogP) is 4.74. The van der Waals surface area contributed by atoms with Crippen LogP contribution in [0.25, 0.3) is 0 Å². The molecule has 0 unspecified atom stereocenters. The second kappa shape index (κ2) is 7.68. The van der Waals surface area contributed by atoms with Crippen LogP contribution in [0.4, 0.5) is 17.1 Å². The van der Waals surface area contributed by atoms with Crippen LogP contribution in [0.5, 0.6) is 5.75 Å². The van der Waals surface area contributed by atoms with Gasteiger partial charge in [0.05, 0.1) is 17.8 Å². The summed E-state index contributed by atoms with van der Waals surface area (Å²) in [5.74, 6) is 0.415. The Morgan fingerprint density at radius 3 is 2.64 bits per heavy atom. The van der Waals surface area contributed by atoms with Gasteiger partial charge in [-0.25, -0.2) is 0 Å². The first-order chi connectivity index (χ1) is 12.2. The summed E-state index contributed by atoms with van der Waals surface area (Å²) in [7, 11) is 1.61. The fraction of sp³-hybridized carbons (Fsp3) is 0.0526. The lowest BCUT2D eigenvalue weighted by Crippen LogP contribution is -2.14. The van der Waals surface area contributed by atoms with Gasteiger partial charge in [-0.15, -0.1) is 0 Å². The number of halogens is 1. The number of ether oxygens (including phenoxy) is 1. The molecule has 3 rings (SSSR count). The molecule has 0 aliphatic rings. The minimum absolute atomic E-state index is 0.285. The Balaban J connectivity index is 1.76. The minimum Gasteiger partial charge on any atom is -0.497 e. The Hall–Kier alpha value is -3.05. The quantitative estimate of drug-likeness (QED) is 0.695. The fourth-order valence-corrected chi connectivity index (χ4v) is 2.43. The van der Waals surface area contributed by atoms with Crippen LogP contribution in [-0.4, -0.2) is 18.0 Å². The van der Waals surface area contributed by atoms with Crippen molar-refractivity contribution < 1.29 is 9.53 Å². The number of pyridine rings is 1. The summed E-state index contributed by atoms with van der Waals surface area (Å²) in [5, 5.41) is 6.45. The number of hydrogen-bond acceptors (Lipinski definition) is 4. The third-order valence-corrected chi connectivity index (χ3v) is 3.80. The van der Waals surface area contributed by atoms with Crippen LogP contribution < -0.4 is 15.4 Å². The van der Waals surface area contributed by atoms with Gasteiger partial charge in [-0.2, -0.15) is 0 Å². The highest BCUT2D eigenvalue weighted by Crippen LogP contribution is 2.23. The summed E-state index contributed by atoms with van der Waals surface area (Å²) in [5.41, 5.74) is 2.42. The number of nitrogens with one attached hydrogen (secondary N) is 2. The molecule has 0 saturated carbocycles. The summed E-state index contributed by atoms with van der Waals surface area (Å²) in [6.45, 7) is 0. The van der Waals surface area contributed by atoms with E-state index in [2.05, 4.69) is 15.6 Å². The third-order valence-electron chi connectivity index (χ3n) is 3.47. The molecular weight excluding hydrogens is 338 g/mol. The zero-order valence-corrected chi connectivity index (χ0v) is 14.2. The number of para-hydroxylation sites is 1. The first-order valence-corrected chi connectivity index (χ1v) is 7.96. The Bertz CT molecular complexity index is 899. The first-order valence-electron chi connectivity index (χ1n) is 7.59. The molecule has 0 aliphatic carbocycles. The second-order valence-electron chi connectivity index (χ2n) is 5.22. The van der Waals surface area contributed by atoms with Gasteiger partial charge in [0, 0.05) is 23.6 Å². The maximum atomic E-state index is 12.4. The van der Waals surface area contributed by atoms with Crippen molar-refractivity contribution in [1.82, 2.24) is 4.98 Å². The Kier molecular flexibility index (Phi) is 5.16. The number of anilines is 3. The Labute approximate surface area is 150 Å². The molecule has 0 spiro atoms. The van der Waals surface area contributed by atoms with Crippen LogP contribution in [0, 0.1) is 0 Å². The summed E-state index contributed by atoms with van der Waals surface area (Å²) in [6, 6.07) is 18.0. The highest BCUT2D eigenvalue weighted by atomic mass is 35.5. The molecule has 25 heavy (non-hydrogen) atoms. The molecule has 2 aromatic carbocycles. The molecule has 1 aromatic heterocycles. The van der Waals surface area contributed by atoms with Crippen molar-refractivity contribution in [2.75, 3.05) is 17.7 Å². The monoisotopic (exact) mass is 353 g/mol. The lowest BCUT2D eigenvalue weighted by atomic mass is 10.2. The number of nitrogens with zero attached hydrogens (tertiary/aromatic N) is 1. The zero-order valence-electron chi connectivity index (χ0n) is 13.5. The highest BCUT2D eigenvalue weighted by molar-refractivity contribution is 6.33. The average molecular weight is 354 g/mol. The van der Waals surface area contributed by atoms with Crippen molar-refractivity contribution in [3.63, 3.8) is 0 Å². The molecule has 1 heterocycles. The van der Waals surface area contributed by atoms with E-state index in [1.807, 2.05) is 24.3 Å². The molecule has 3 aromatic rings. The molecule has 2 N–H and O–H groups in total. The van der Waals surface area contributed by atoms with Gasteiger partial charge in [-0.1, -0.05) is 29.8 Å². The van der Waals surface area contributed by atoms with Crippen LogP contribution >= 0.6 is 11.6 Å². The van der Waals surface area contributed by atoms with Crippen molar-refractivity contribution in [2.24, 2.45) is 0 Å². The van der Waals surface area contributed by atoms with Gasteiger partial charge in [0.2, 0.25) is 0 Å². The van der Waals surface area contributed by atoms with Gasteiger partial charge >= 0.3 is 0 Å². The van der Waals surface area contributed by atoms with Gasteiger partial charge in [0.15, 0.2) is 0 Å². The van der Waals surface area contributed by atoms with Gasteiger partial charge in [0.1, 0.15) is 11.4 Å². The molecule has 0 atom stereocenters. The van der Waals surface area contributed by atoms with Crippen molar-refractivity contribution >= 4 is 34.6 Å². The van der Waals surface area contributed by atoms with E-state index in [0.29, 0.717) is 10.7 Å². The lowest BCUT2D eigenvalue weighted by Gasteiger charge is -2.10. The summed E-state index contributed by atoms with van der Waals surface area (Å²) in [4.78, 5) is 16.5. The van der Waals surface area contributed by atoms with Crippen molar-refractivity contribution in [2.45, 2.75) is 0 Å². The number of methoxy groups -OCH3 is 1. The van der Waals surface area contributed by atoms with Gasteiger partial charge in [0.25, 0.3) is 5.91 Å². The molecule has 0 fully saturated rings. The standard InChI is InChI=1S/C19H16ClN3O2/c1-25-15-6-4-5-13(11-15)22-14-9-10-21-18(12-14)19(24)23-17-8-3-2-7-16(17)20/h2-12H,1H3,(H,21,22)(H,23,24). The van der Waals surface area contributed by atoms with Crippen LogP contribution in [0.2, 0.25) is 5.02 Å². The van der Waals surface area contributed by atoms with E-state index in [0.717, 1.165) is 17.1 Å². The summed E-state index contributed by atoms with van der Waals surface area (Å²) >= 11 is 6.06. The van der Waals surface area contributed by atoms with Crippen LogP contribution in [-0.2, 0) is 0 Å². The van der Waals surface area contributed by atoms with Gasteiger partial charge < -0.3 is 15.4 Å². The maximum absolute atomic E-state index is 12.4. The Morgan fingerprint density at radius 2 is 1.84 bits per heavy atom. The Morgan fingerprint density at radius 1 is 1.04 bits per heavy atom. The summed E-state index contributed by atoms with van der Waals surface area (Å²) in [6.07, 6.45) is 1.57. The number of carbonyl (C=O) groups is 1. The van der Waals surface area contributed by atoms with E-state index in [-0.39, 0.29) is 11.6 Å². The van der Waals surface area contributed by atoms with Crippen molar-refractivity contribution in [3.8, 4) is 5.75 Å². The number of carbonyl (C=O) groups excluding carboxylic acids is 1. The van der Waals surface area contributed by atoms with E-state index < -0.39 is 0 Å². The van der Waals surface area contributed by atoms with E-state index in [1.165, 1.54) is 0 Å². The second-order valence-corrected chi connectivity index (χ2v) is 5.63. The van der Waals surface area contributed by atoms with Crippen LogP contribution in [0.15, 0.2) is 66.9 Å². The highest BCUT2D eigenvalue weighted by Gasteiger charge is 2.10. The van der Waals surface area contributed by atoms with Crippen LogP contribution in [0.1, 0.15) is 10.5 Å². The molecule has 0 saturated heterocycles. The van der Waals surface area contributed by atoms with E-state index in [4.69, 9.17) is 16.3 Å². The minimum atomic E-state index is -0.331. The van der Waals surface area contributed by atoms with Crippen molar-refractivity contribution in [1.29, 1.82) is 0 Å². The number of aromatic nitrogens is 1. The SMILES string of the molecule is COc1cccc(Nc2ccnc(C(=O)Nc3ccccc3Cl)c2)c1. The third kappa shape index (κ3) is 4.28. The lowest BCUT2D eigenvalue weighted by molar-refractivity contribution is 0.102. The number of rotatable bonds is 5. The normalized spacial score (nSPS) is 10.2. The largest absolute Gasteiger partial charge is 0.497 e. The maximum Gasteiger partial charge on any atom is 0.274 e. The molecule has 5 nitrogen and oxygen atoms in total. The molecule has 1 amide bonds. The van der Waals surface area contributed by atoms with E-state index >= 15 is 0 Å². The van der Waals surface area contributed by atoms with Gasteiger partial charge in [-0.3, -0.25) is 9.78 Å². The average Bonchev–Trinajstić information content (AvgIpc) is 2.64. The smallest absolute Gasteiger partial charge is 0.274 e. The number of hydrogen-bond donors (Lipinski definition) is 2. The summed E-state index contributed by atoms with van der Waals surface area (Å²) < 4.78 is 5.20. The van der Waals surface area contributed by atoms with Crippen LogP contribution in [0.3, 0.4) is 0 Å². The molecule has 0 aliphatic heterocycles. The van der Waals surface area contributed by atoms with Crippen molar-refractivity contribution in [3.05, 3.63) is 77.6 Å². The van der Waals surface area contributed by atoms with E-state index in [9.17, 15) is 4.79 Å². The number of benzene rings is 2.